The molecule has 1 fully saturated rings. The van der Waals surface area contributed by atoms with Crippen LogP contribution in [-0.2, 0) is 11.3 Å². The van der Waals surface area contributed by atoms with E-state index in [0.29, 0.717) is 0 Å². The Morgan fingerprint density at radius 3 is 1.79 bits per heavy atom. The summed E-state index contributed by atoms with van der Waals surface area (Å²) in [5.41, 5.74) is 3.47. The van der Waals surface area contributed by atoms with Crippen LogP contribution in [0.2, 0.25) is 0 Å². The normalized spacial score (nSPS) is 14.9. The standard InChI is InChI=1S/C29H35N3O/c33-29(28(26-14-6-2-7-15-26)27-16-8-3-9-17-27)30-18-10-11-19-31-20-22-32(23-21-31)24-25-12-4-1-5-13-25/h1-9,12-17,28H,10-11,18-24H2,(H,30,33). The summed E-state index contributed by atoms with van der Waals surface area (Å²) in [4.78, 5) is 18.2. The van der Waals surface area contributed by atoms with Gasteiger partial charge in [0, 0.05) is 39.3 Å². The summed E-state index contributed by atoms with van der Waals surface area (Å²) < 4.78 is 0. The molecule has 0 aliphatic carbocycles. The van der Waals surface area contributed by atoms with E-state index in [-0.39, 0.29) is 11.8 Å². The topological polar surface area (TPSA) is 35.6 Å². The van der Waals surface area contributed by atoms with E-state index >= 15 is 0 Å². The zero-order valence-electron chi connectivity index (χ0n) is 19.4. The van der Waals surface area contributed by atoms with Gasteiger partial charge in [-0.15, -0.1) is 0 Å². The highest BCUT2D eigenvalue weighted by molar-refractivity contribution is 5.87. The third-order valence-corrected chi connectivity index (χ3v) is 6.44. The minimum atomic E-state index is -0.259. The molecular weight excluding hydrogens is 406 g/mol. The van der Waals surface area contributed by atoms with E-state index in [2.05, 4.69) is 45.4 Å². The number of piperazine rings is 1. The summed E-state index contributed by atoms with van der Waals surface area (Å²) in [5.74, 6) is -0.174. The van der Waals surface area contributed by atoms with E-state index in [1.54, 1.807) is 0 Å². The van der Waals surface area contributed by atoms with Crippen molar-refractivity contribution >= 4 is 5.91 Å². The average Bonchev–Trinajstić information content (AvgIpc) is 2.87. The Morgan fingerprint density at radius 2 is 1.21 bits per heavy atom. The van der Waals surface area contributed by atoms with Crippen LogP contribution in [0.3, 0.4) is 0 Å². The number of nitrogens with zero attached hydrogens (tertiary/aromatic N) is 2. The summed E-state index contributed by atoms with van der Waals surface area (Å²) in [6.07, 6.45) is 2.12. The van der Waals surface area contributed by atoms with Crippen LogP contribution in [0.25, 0.3) is 0 Å². The van der Waals surface area contributed by atoms with Crippen LogP contribution in [0.15, 0.2) is 91.0 Å². The van der Waals surface area contributed by atoms with Crippen molar-refractivity contribution in [3.63, 3.8) is 0 Å². The molecule has 0 spiro atoms. The summed E-state index contributed by atoms with van der Waals surface area (Å²) >= 11 is 0. The van der Waals surface area contributed by atoms with Crippen molar-refractivity contribution in [2.24, 2.45) is 0 Å². The van der Waals surface area contributed by atoms with E-state index < -0.39 is 0 Å². The van der Waals surface area contributed by atoms with Crippen LogP contribution < -0.4 is 5.32 Å². The summed E-state index contributed by atoms with van der Waals surface area (Å²) in [6, 6.07) is 30.8. The van der Waals surface area contributed by atoms with Gasteiger partial charge in [-0.25, -0.2) is 0 Å². The maximum absolute atomic E-state index is 13.1. The first-order valence-corrected chi connectivity index (χ1v) is 12.2. The van der Waals surface area contributed by atoms with Crippen molar-refractivity contribution in [1.82, 2.24) is 15.1 Å². The highest BCUT2D eigenvalue weighted by atomic mass is 16.1. The van der Waals surface area contributed by atoms with Gasteiger partial charge in [-0.2, -0.15) is 0 Å². The van der Waals surface area contributed by atoms with Crippen molar-refractivity contribution in [2.75, 3.05) is 39.3 Å². The molecule has 0 saturated carbocycles. The van der Waals surface area contributed by atoms with E-state index in [9.17, 15) is 4.79 Å². The number of hydrogen-bond acceptors (Lipinski definition) is 3. The molecule has 4 nitrogen and oxygen atoms in total. The molecule has 4 rings (SSSR count). The van der Waals surface area contributed by atoms with Gasteiger partial charge in [-0.05, 0) is 36.1 Å². The van der Waals surface area contributed by atoms with Gasteiger partial charge in [0.2, 0.25) is 5.91 Å². The predicted molar refractivity (Wildman–Crippen MR) is 135 cm³/mol. The van der Waals surface area contributed by atoms with Gasteiger partial charge in [0.15, 0.2) is 0 Å². The van der Waals surface area contributed by atoms with Crippen LogP contribution in [-0.4, -0.2) is 55.0 Å². The molecule has 1 N–H and O–H groups in total. The summed E-state index contributed by atoms with van der Waals surface area (Å²) in [7, 11) is 0. The Balaban J connectivity index is 1.17. The van der Waals surface area contributed by atoms with Crippen molar-refractivity contribution in [3.05, 3.63) is 108 Å². The molecule has 33 heavy (non-hydrogen) atoms. The van der Waals surface area contributed by atoms with Gasteiger partial charge in [0.05, 0.1) is 5.92 Å². The van der Waals surface area contributed by atoms with Crippen LogP contribution in [0, 0.1) is 0 Å². The Morgan fingerprint density at radius 1 is 0.697 bits per heavy atom. The fraction of sp³-hybridized carbons (Fsp3) is 0.345. The predicted octanol–water partition coefficient (Wildman–Crippen LogP) is 4.53. The lowest BCUT2D eigenvalue weighted by Gasteiger charge is -2.34. The van der Waals surface area contributed by atoms with Gasteiger partial charge < -0.3 is 10.2 Å². The van der Waals surface area contributed by atoms with Crippen molar-refractivity contribution in [1.29, 1.82) is 0 Å². The first-order valence-electron chi connectivity index (χ1n) is 12.2. The lowest BCUT2D eigenvalue weighted by Crippen LogP contribution is -2.46. The Kier molecular flexibility index (Phi) is 8.68. The molecule has 172 valence electrons. The number of amides is 1. The summed E-state index contributed by atoms with van der Waals surface area (Å²) in [6.45, 7) is 7.39. The maximum atomic E-state index is 13.1. The zero-order valence-corrected chi connectivity index (χ0v) is 19.4. The van der Waals surface area contributed by atoms with Crippen LogP contribution in [0.5, 0.6) is 0 Å². The van der Waals surface area contributed by atoms with Crippen molar-refractivity contribution in [2.45, 2.75) is 25.3 Å². The van der Waals surface area contributed by atoms with E-state index in [1.165, 1.54) is 5.56 Å². The first kappa shape index (κ1) is 23.2. The largest absolute Gasteiger partial charge is 0.355 e. The second-order valence-electron chi connectivity index (χ2n) is 8.86. The minimum absolute atomic E-state index is 0.0851. The van der Waals surface area contributed by atoms with Crippen LogP contribution >= 0.6 is 0 Å². The monoisotopic (exact) mass is 441 g/mol. The molecule has 0 aromatic heterocycles. The SMILES string of the molecule is O=C(NCCCCN1CCN(Cc2ccccc2)CC1)C(c1ccccc1)c1ccccc1. The molecule has 0 unspecified atom stereocenters. The van der Waals surface area contributed by atoms with Gasteiger partial charge in [-0.1, -0.05) is 91.0 Å². The number of nitrogens with one attached hydrogen (secondary N) is 1. The zero-order chi connectivity index (χ0) is 22.7. The number of carbonyl (C=O) groups is 1. The quantitative estimate of drug-likeness (QED) is 0.470. The molecule has 1 aliphatic rings. The fourth-order valence-electron chi connectivity index (χ4n) is 4.57. The van der Waals surface area contributed by atoms with E-state index in [1.807, 2.05) is 60.7 Å². The Labute approximate surface area is 198 Å². The molecule has 1 saturated heterocycles. The lowest BCUT2D eigenvalue weighted by atomic mass is 9.90. The van der Waals surface area contributed by atoms with Gasteiger partial charge >= 0.3 is 0 Å². The number of hydrogen-bond donors (Lipinski definition) is 1. The third kappa shape index (κ3) is 7.01. The molecule has 0 atom stereocenters. The Bertz CT molecular complexity index is 914. The second kappa shape index (κ2) is 12.3. The van der Waals surface area contributed by atoms with Gasteiger partial charge in [-0.3, -0.25) is 9.69 Å². The smallest absolute Gasteiger partial charge is 0.232 e. The Hall–Kier alpha value is -2.95. The molecule has 1 aliphatic heterocycles. The number of carbonyl (C=O) groups excluding carboxylic acids is 1. The van der Waals surface area contributed by atoms with E-state index in [0.717, 1.165) is 69.8 Å². The maximum Gasteiger partial charge on any atom is 0.232 e. The molecule has 1 amide bonds. The van der Waals surface area contributed by atoms with E-state index in [4.69, 9.17) is 0 Å². The number of rotatable bonds is 10. The van der Waals surface area contributed by atoms with Crippen LogP contribution in [0.4, 0.5) is 0 Å². The second-order valence-corrected chi connectivity index (χ2v) is 8.86. The van der Waals surface area contributed by atoms with Gasteiger partial charge in [0.25, 0.3) is 0 Å². The van der Waals surface area contributed by atoms with Crippen molar-refractivity contribution in [3.8, 4) is 0 Å². The molecule has 3 aromatic carbocycles. The minimum Gasteiger partial charge on any atom is -0.355 e. The average molecular weight is 442 g/mol. The number of unbranched alkanes of at least 4 members (excludes halogenated alkanes) is 1. The fourth-order valence-corrected chi connectivity index (χ4v) is 4.57. The number of benzene rings is 3. The van der Waals surface area contributed by atoms with Crippen LogP contribution in [0.1, 0.15) is 35.4 Å². The summed E-state index contributed by atoms with van der Waals surface area (Å²) in [5, 5.41) is 3.19. The molecule has 0 radical (unpaired) electrons. The molecule has 1 heterocycles. The lowest BCUT2D eigenvalue weighted by molar-refractivity contribution is -0.121. The highest BCUT2D eigenvalue weighted by Crippen LogP contribution is 2.24. The molecule has 4 heteroatoms. The van der Waals surface area contributed by atoms with Crippen molar-refractivity contribution < 1.29 is 4.79 Å². The van der Waals surface area contributed by atoms with Gasteiger partial charge in [0.1, 0.15) is 0 Å². The molecular formula is C29H35N3O. The molecule has 3 aromatic rings. The first-order chi connectivity index (χ1) is 16.3. The molecule has 0 bridgehead atoms. The highest BCUT2D eigenvalue weighted by Gasteiger charge is 2.22. The third-order valence-electron chi connectivity index (χ3n) is 6.44.